The van der Waals surface area contributed by atoms with Gasteiger partial charge in [-0.2, -0.15) is 0 Å². The predicted octanol–water partition coefficient (Wildman–Crippen LogP) is 30.7. The fraction of sp³-hybridized carbons (Fsp3) is 0.0811. The fourth-order valence-corrected chi connectivity index (χ4v) is 20.9. The molecule has 0 spiro atoms. The Bertz CT molecular complexity index is 7300. The lowest BCUT2D eigenvalue weighted by Crippen LogP contribution is -2.15. The predicted molar refractivity (Wildman–Crippen MR) is 476 cm³/mol. The lowest BCUT2D eigenvalue weighted by Gasteiger charge is -2.24. The molecule has 0 heterocycles. The van der Waals surface area contributed by atoms with Crippen molar-refractivity contribution in [2.24, 2.45) is 0 Å². The summed E-state index contributed by atoms with van der Waals surface area (Å²) in [5.74, 6) is 0. The summed E-state index contributed by atoms with van der Waals surface area (Å²) in [7, 11) is 0. The van der Waals surface area contributed by atoms with Crippen LogP contribution in [0.5, 0.6) is 0 Å². The minimum Gasteiger partial charge on any atom is -0.0619 e. The van der Waals surface area contributed by atoms with Crippen LogP contribution in [0.25, 0.3) is 197 Å². The summed E-state index contributed by atoms with van der Waals surface area (Å²) in [6.07, 6.45) is 0. The van der Waals surface area contributed by atoms with E-state index in [0.29, 0.717) is 0 Å². The summed E-state index contributed by atoms with van der Waals surface area (Å²) < 4.78 is 0. The van der Waals surface area contributed by atoms with Gasteiger partial charge in [-0.25, -0.2) is 0 Å². The molecule has 3 aliphatic carbocycles. The molecule has 0 aliphatic heterocycles. The first-order chi connectivity index (χ1) is 54.4. The summed E-state index contributed by atoms with van der Waals surface area (Å²) in [5, 5.41) is 23.3. The van der Waals surface area contributed by atoms with Crippen molar-refractivity contribution < 1.29 is 0 Å². The van der Waals surface area contributed by atoms with Gasteiger partial charge in [0.05, 0.1) is 0 Å². The van der Waals surface area contributed by atoms with Crippen molar-refractivity contribution in [3.05, 3.63) is 397 Å². The Morgan fingerprint density at radius 2 is 0.459 bits per heavy atom. The van der Waals surface area contributed by atoms with E-state index in [1.54, 1.807) is 0 Å². The standard InChI is InChI=1S/C58H42.C53H36/c1-57(2)49-29-14-13-27-46(49)55-41-22-8-7-21-40(41)48(34-51(55)57)53-44-25-11-9-23-42(44)52(43-24-10-12-26-45(43)53)37-19-15-18-36(33-37)38-28-16-30-50-54(38)47-32-31-35-17-5-6-20-39(35)56(47)58(50,3)4;1-53(2)48-27-13-24-38(51(48)47-31-29-34-15-4-6-19-39(34)52(47)53)35-16-11-17-36(32-35)49-43-20-7-9-22-45(43)50(46-23-10-8-21-44(46)49)42-26-12-25-40-37-18-5-3-14-33(37)28-30-41(40)42/h5-34H,1-4H3;3-32H,1-2H3. The van der Waals surface area contributed by atoms with E-state index in [4.69, 9.17) is 0 Å². The highest BCUT2D eigenvalue weighted by Crippen LogP contribution is 2.59. The van der Waals surface area contributed by atoms with Gasteiger partial charge >= 0.3 is 0 Å². The number of benzene rings is 20. The van der Waals surface area contributed by atoms with Crippen molar-refractivity contribution in [1.29, 1.82) is 0 Å². The smallest absolute Gasteiger partial charge is 0.0165 e. The Morgan fingerprint density at radius 3 is 0.946 bits per heavy atom. The number of hydrogen-bond acceptors (Lipinski definition) is 0. The molecule has 0 nitrogen and oxygen atoms in total. The second-order valence-corrected chi connectivity index (χ2v) is 32.7. The molecule has 0 saturated heterocycles. The third-order valence-electron chi connectivity index (χ3n) is 25.8. The third kappa shape index (κ3) is 9.47. The molecule has 20 aromatic carbocycles. The van der Waals surface area contributed by atoms with Crippen LogP contribution < -0.4 is 0 Å². The third-order valence-corrected chi connectivity index (χ3v) is 25.8. The molecule has 0 aromatic heterocycles. The molecule has 522 valence electrons. The molecule has 0 saturated carbocycles. The molecule has 23 rings (SSSR count). The lowest BCUT2D eigenvalue weighted by molar-refractivity contribution is 0.661. The molecule has 111 heavy (non-hydrogen) atoms. The molecule has 0 radical (unpaired) electrons. The van der Waals surface area contributed by atoms with Crippen LogP contribution >= 0.6 is 0 Å². The Morgan fingerprint density at radius 1 is 0.144 bits per heavy atom. The van der Waals surface area contributed by atoms with Crippen LogP contribution in [0.3, 0.4) is 0 Å². The molecule has 0 heteroatoms. The highest BCUT2D eigenvalue weighted by Gasteiger charge is 2.41. The van der Waals surface area contributed by atoms with Crippen molar-refractivity contribution >= 4 is 97.0 Å². The zero-order valence-corrected chi connectivity index (χ0v) is 63.1. The Hall–Kier alpha value is -13.3. The molecule has 0 unspecified atom stereocenters. The van der Waals surface area contributed by atoms with Gasteiger partial charge in [-0.1, -0.05) is 387 Å². The molecule has 0 bridgehead atoms. The van der Waals surface area contributed by atoms with Crippen molar-refractivity contribution in [2.75, 3.05) is 0 Å². The summed E-state index contributed by atoms with van der Waals surface area (Å²) in [6.45, 7) is 14.4. The summed E-state index contributed by atoms with van der Waals surface area (Å²) in [6, 6.07) is 137. The van der Waals surface area contributed by atoms with E-state index in [9.17, 15) is 0 Å². The Balaban J connectivity index is 0.000000137. The van der Waals surface area contributed by atoms with E-state index in [1.165, 1.54) is 230 Å². The second-order valence-electron chi connectivity index (χ2n) is 32.7. The largest absolute Gasteiger partial charge is 0.0619 e. The minimum absolute atomic E-state index is 0.102. The van der Waals surface area contributed by atoms with Gasteiger partial charge in [0.25, 0.3) is 0 Å². The van der Waals surface area contributed by atoms with Crippen molar-refractivity contribution in [3.8, 4) is 100 Å². The van der Waals surface area contributed by atoms with Crippen molar-refractivity contribution in [2.45, 2.75) is 57.8 Å². The highest BCUT2D eigenvalue weighted by atomic mass is 14.4. The average Bonchev–Trinajstić information content (AvgIpc) is 0.821. The Kier molecular flexibility index (Phi) is 14.2. The summed E-state index contributed by atoms with van der Waals surface area (Å²) >= 11 is 0. The first-order valence-electron chi connectivity index (χ1n) is 39.4. The maximum Gasteiger partial charge on any atom is 0.0165 e. The Labute approximate surface area is 647 Å². The molecular formula is C111H78. The quantitative estimate of drug-likeness (QED) is 0.115. The molecule has 3 aliphatic rings. The van der Waals surface area contributed by atoms with Crippen LogP contribution in [0.2, 0.25) is 0 Å². The number of hydrogen-bond donors (Lipinski definition) is 0. The van der Waals surface area contributed by atoms with E-state index in [2.05, 4.69) is 406 Å². The van der Waals surface area contributed by atoms with Crippen molar-refractivity contribution in [3.63, 3.8) is 0 Å². The number of fused-ring (bicyclic) bond motifs is 22. The van der Waals surface area contributed by atoms with Gasteiger partial charge < -0.3 is 0 Å². The molecule has 0 atom stereocenters. The molecule has 0 amide bonds. The number of rotatable bonds is 6. The van der Waals surface area contributed by atoms with Gasteiger partial charge in [-0.05, 0) is 249 Å². The first kappa shape index (κ1) is 64.9. The van der Waals surface area contributed by atoms with E-state index < -0.39 is 0 Å². The summed E-state index contributed by atoms with van der Waals surface area (Å²) in [5.41, 5.74) is 31.6. The second kappa shape index (κ2) is 24.4. The topological polar surface area (TPSA) is 0 Å². The van der Waals surface area contributed by atoms with Gasteiger partial charge in [0, 0.05) is 16.2 Å². The fourth-order valence-electron chi connectivity index (χ4n) is 20.9. The van der Waals surface area contributed by atoms with Crippen LogP contribution in [0, 0.1) is 0 Å². The van der Waals surface area contributed by atoms with E-state index >= 15 is 0 Å². The maximum absolute atomic E-state index is 2.53. The van der Waals surface area contributed by atoms with E-state index in [1.807, 2.05) is 0 Å². The highest BCUT2D eigenvalue weighted by molar-refractivity contribution is 6.27. The monoisotopic (exact) mass is 1410 g/mol. The van der Waals surface area contributed by atoms with Crippen LogP contribution in [-0.4, -0.2) is 0 Å². The zero-order valence-electron chi connectivity index (χ0n) is 63.1. The first-order valence-corrected chi connectivity index (χ1v) is 39.4. The van der Waals surface area contributed by atoms with Gasteiger partial charge in [-0.15, -0.1) is 0 Å². The zero-order chi connectivity index (χ0) is 74.2. The van der Waals surface area contributed by atoms with E-state index in [-0.39, 0.29) is 16.2 Å². The van der Waals surface area contributed by atoms with Crippen LogP contribution in [0.15, 0.2) is 364 Å². The van der Waals surface area contributed by atoms with Crippen LogP contribution in [0.1, 0.15) is 74.9 Å². The maximum atomic E-state index is 2.53. The van der Waals surface area contributed by atoms with Crippen LogP contribution in [-0.2, 0) is 16.2 Å². The molecule has 0 fully saturated rings. The molecular weight excluding hydrogens is 1330 g/mol. The SMILES string of the molecule is CC1(C)c2cccc(-c3cccc(-c4c5ccccc5c(-c5cccc6c5ccc5ccccc56)c5ccccc45)c3)c2-c2ccc3ccccc3c21.CC1(C)c2ccccc2-c2c1cc(-c1c3ccccc3c(-c3cccc(-c4cccc5c4-c4ccc6ccccc6c4C5(C)C)c3)c3ccccc13)c1ccccc21. The molecule has 20 aromatic rings. The normalized spacial score (nSPS) is 13.9. The van der Waals surface area contributed by atoms with Gasteiger partial charge in [0.15, 0.2) is 0 Å². The van der Waals surface area contributed by atoms with Gasteiger partial charge in [0.1, 0.15) is 0 Å². The van der Waals surface area contributed by atoms with E-state index in [0.717, 1.165) is 0 Å². The van der Waals surface area contributed by atoms with Crippen molar-refractivity contribution in [1.82, 2.24) is 0 Å². The average molecular weight is 1410 g/mol. The van der Waals surface area contributed by atoms with Crippen LogP contribution in [0.4, 0.5) is 0 Å². The lowest BCUT2D eigenvalue weighted by atomic mass is 9.79. The van der Waals surface area contributed by atoms with Gasteiger partial charge in [-0.3, -0.25) is 0 Å². The molecule has 0 N–H and O–H groups in total. The summed E-state index contributed by atoms with van der Waals surface area (Å²) in [4.78, 5) is 0. The minimum atomic E-state index is -0.114. The van der Waals surface area contributed by atoms with Gasteiger partial charge in [0.2, 0.25) is 0 Å².